The standard InChI is InChI=1S/C15H20FN3/c1-18-7-9-19(10-8-18)6-5-12-11-17-14-4-2-3-13(16)15(12)14/h2-4,11,17H,5-10H2,1H3. The summed E-state index contributed by atoms with van der Waals surface area (Å²) in [7, 11) is 2.16. The number of hydrogen-bond donors (Lipinski definition) is 1. The largest absolute Gasteiger partial charge is 0.361 e. The van der Waals surface area contributed by atoms with E-state index in [1.54, 1.807) is 6.07 Å². The molecule has 1 aliphatic rings. The number of piperazine rings is 1. The molecule has 1 aromatic carbocycles. The third-order valence-electron chi connectivity index (χ3n) is 4.03. The van der Waals surface area contributed by atoms with Gasteiger partial charge in [0, 0.05) is 49.8 Å². The molecule has 0 spiro atoms. The fraction of sp³-hybridized carbons (Fsp3) is 0.467. The molecule has 2 heterocycles. The lowest BCUT2D eigenvalue weighted by atomic mass is 10.1. The normalized spacial score (nSPS) is 18.2. The average molecular weight is 261 g/mol. The molecule has 1 aliphatic heterocycles. The van der Waals surface area contributed by atoms with E-state index in [1.165, 1.54) is 6.07 Å². The quantitative estimate of drug-likeness (QED) is 0.914. The van der Waals surface area contributed by atoms with Crippen molar-refractivity contribution in [1.82, 2.24) is 14.8 Å². The zero-order valence-electron chi connectivity index (χ0n) is 11.3. The zero-order valence-corrected chi connectivity index (χ0v) is 11.3. The molecule has 4 heteroatoms. The van der Waals surface area contributed by atoms with E-state index in [0.717, 1.165) is 55.6 Å². The third-order valence-corrected chi connectivity index (χ3v) is 4.03. The van der Waals surface area contributed by atoms with Crippen molar-refractivity contribution in [3.05, 3.63) is 35.8 Å². The van der Waals surface area contributed by atoms with Crippen LogP contribution >= 0.6 is 0 Å². The molecule has 1 fully saturated rings. The van der Waals surface area contributed by atoms with Crippen LogP contribution in [0.2, 0.25) is 0 Å². The molecule has 0 unspecified atom stereocenters. The highest BCUT2D eigenvalue weighted by molar-refractivity contribution is 5.83. The lowest BCUT2D eigenvalue weighted by Gasteiger charge is -2.32. The molecule has 3 rings (SSSR count). The molecule has 0 amide bonds. The monoisotopic (exact) mass is 261 g/mol. The molecule has 102 valence electrons. The predicted octanol–water partition coefficient (Wildman–Crippen LogP) is 2.10. The van der Waals surface area contributed by atoms with Gasteiger partial charge in [0.1, 0.15) is 5.82 Å². The number of benzene rings is 1. The Bertz CT molecular complexity index is 556. The first-order valence-electron chi connectivity index (χ1n) is 6.89. The molecule has 19 heavy (non-hydrogen) atoms. The molecule has 0 atom stereocenters. The van der Waals surface area contributed by atoms with Crippen LogP contribution in [0, 0.1) is 5.82 Å². The van der Waals surface area contributed by atoms with Gasteiger partial charge in [-0.05, 0) is 31.2 Å². The molecule has 0 radical (unpaired) electrons. The number of rotatable bonds is 3. The molecule has 0 aliphatic carbocycles. The number of hydrogen-bond acceptors (Lipinski definition) is 2. The molecule has 3 nitrogen and oxygen atoms in total. The molecule has 0 bridgehead atoms. The highest BCUT2D eigenvalue weighted by Crippen LogP contribution is 2.22. The second-order valence-corrected chi connectivity index (χ2v) is 5.37. The summed E-state index contributed by atoms with van der Waals surface area (Å²) in [6.45, 7) is 5.49. The first kappa shape index (κ1) is 12.6. The number of aromatic nitrogens is 1. The van der Waals surface area contributed by atoms with E-state index >= 15 is 0 Å². The van der Waals surface area contributed by atoms with Gasteiger partial charge in [-0.25, -0.2) is 4.39 Å². The van der Waals surface area contributed by atoms with Crippen LogP contribution < -0.4 is 0 Å². The van der Waals surface area contributed by atoms with E-state index in [2.05, 4.69) is 21.8 Å². The molecule has 1 aromatic heterocycles. The Morgan fingerprint density at radius 1 is 1.21 bits per heavy atom. The van der Waals surface area contributed by atoms with Gasteiger partial charge in [0.15, 0.2) is 0 Å². The van der Waals surface area contributed by atoms with Crippen LogP contribution in [0.4, 0.5) is 4.39 Å². The van der Waals surface area contributed by atoms with Gasteiger partial charge in [-0.2, -0.15) is 0 Å². The number of halogens is 1. The molecular weight excluding hydrogens is 241 g/mol. The van der Waals surface area contributed by atoms with Crippen LogP contribution in [-0.2, 0) is 6.42 Å². The maximum absolute atomic E-state index is 13.9. The predicted molar refractivity (Wildman–Crippen MR) is 75.9 cm³/mol. The number of likely N-dealkylation sites (N-methyl/N-ethyl adjacent to an activating group) is 1. The van der Waals surface area contributed by atoms with Gasteiger partial charge in [0.2, 0.25) is 0 Å². The van der Waals surface area contributed by atoms with Crippen LogP contribution in [-0.4, -0.2) is 54.6 Å². The Hall–Kier alpha value is -1.39. The fourth-order valence-electron chi connectivity index (χ4n) is 2.76. The Balaban J connectivity index is 1.69. The Kier molecular flexibility index (Phi) is 3.53. The SMILES string of the molecule is CN1CCN(CCc2c[nH]c3cccc(F)c23)CC1. The summed E-state index contributed by atoms with van der Waals surface area (Å²) in [5.41, 5.74) is 1.99. The second-order valence-electron chi connectivity index (χ2n) is 5.37. The van der Waals surface area contributed by atoms with Crippen molar-refractivity contribution >= 4 is 10.9 Å². The lowest BCUT2D eigenvalue weighted by Crippen LogP contribution is -2.45. The van der Waals surface area contributed by atoms with Gasteiger partial charge in [-0.1, -0.05) is 6.07 Å². The van der Waals surface area contributed by atoms with Gasteiger partial charge in [0.05, 0.1) is 0 Å². The van der Waals surface area contributed by atoms with Crippen LogP contribution in [0.15, 0.2) is 24.4 Å². The highest BCUT2D eigenvalue weighted by Gasteiger charge is 2.15. The number of H-pyrrole nitrogens is 1. The summed E-state index contributed by atoms with van der Waals surface area (Å²) in [5, 5.41) is 0.761. The summed E-state index contributed by atoms with van der Waals surface area (Å²) >= 11 is 0. The van der Waals surface area contributed by atoms with Crippen LogP contribution in [0.3, 0.4) is 0 Å². The lowest BCUT2D eigenvalue weighted by molar-refractivity contribution is 0.155. The van der Waals surface area contributed by atoms with Crippen molar-refractivity contribution in [2.45, 2.75) is 6.42 Å². The van der Waals surface area contributed by atoms with E-state index in [1.807, 2.05) is 12.3 Å². The highest BCUT2D eigenvalue weighted by atomic mass is 19.1. The van der Waals surface area contributed by atoms with Gasteiger partial charge in [-0.15, -0.1) is 0 Å². The minimum atomic E-state index is -0.118. The van der Waals surface area contributed by atoms with Crippen molar-refractivity contribution in [2.75, 3.05) is 39.8 Å². The third kappa shape index (κ3) is 2.65. The van der Waals surface area contributed by atoms with E-state index in [-0.39, 0.29) is 5.82 Å². The van der Waals surface area contributed by atoms with E-state index < -0.39 is 0 Å². The van der Waals surface area contributed by atoms with Crippen LogP contribution in [0.1, 0.15) is 5.56 Å². The van der Waals surface area contributed by atoms with Crippen molar-refractivity contribution < 1.29 is 4.39 Å². The van der Waals surface area contributed by atoms with Gasteiger partial charge in [0.25, 0.3) is 0 Å². The molecule has 1 N–H and O–H groups in total. The zero-order chi connectivity index (χ0) is 13.2. The van der Waals surface area contributed by atoms with Crippen LogP contribution in [0.25, 0.3) is 10.9 Å². The van der Waals surface area contributed by atoms with Crippen LogP contribution in [0.5, 0.6) is 0 Å². The molecule has 0 saturated carbocycles. The maximum Gasteiger partial charge on any atom is 0.132 e. The average Bonchev–Trinajstić information content (AvgIpc) is 2.83. The van der Waals surface area contributed by atoms with Gasteiger partial charge >= 0.3 is 0 Å². The van der Waals surface area contributed by atoms with Gasteiger partial charge < -0.3 is 14.8 Å². The van der Waals surface area contributed by atoms with E-state index in [9.17, 15) is 4.39 Å². The summed E-state index contributed by atoms with van der Waals surface area (Å²) in [5.74, 6) is -0.118. The number of nitrogens with one attached hydrogen (secondary N) is 1. The second kappa shape index (κ2) is 5.31. The minimum Gasteiger partial charge on any atom is -0.361 e. The number of nitrogens with zero attached hydrogens (tertiary/aromatic N) is 2. The molecular formula is C15H20FN3. The first-order valence-corrected chi connectivity index (χ1v) is 6.89. The van der Waals surface area contributed by atoms with Crippen molar-refractivity contribution in [2.24, 2.45) is 0 Å². The minimum absolute atomic E-state index is 0.118. The molecule has 2 aromatic rings. The Labute approximate surface area is 113 Å². The van der Waals surface area contributed by atoms with Crippen molar-refractivity contribution in [3.8, 4) is 0 Å². The summed E-state index contributed by atoms with van der Waals surface area (Å²) in [6, 6.07) is 5.21. The van der Waals surface area contributed by atoms with Crippen molar-refractivity contribution in [3.63, 3.8) is 0 Å². The maximum atomic E-state index is 13.9. The molecule has 1 saturated heterocycles. The fourth-order valence-corrected chi connectivity index (χ4v) is 2.76. The first-order chi connectivity index (χ1) is 9.24. The van der Waals surface area contributed by atoms with E-state index in [0.29, 0.717) is 0 Å². The summed E-state index contributed by atoms with van der Waals surface area (Å²) in [4.78, 5) is 7.96. The smallest absolute Gasteiger partial charge is 0.132 e. The summed E-state index contributed by atoms with van der Waals surface area (Å²) < 4.78 is 13.9. The Morgan fingerprint density at radius 3 is 2.79 bits per heavy atom. The number of fused-ring (bicyclic) bond motifs is 1. The topological polar surface area (TPSA) is 22.3 Å². The van der Waals surface area contributed by atoms with E-state index in [4.69, 9.17) is 0 Å². The van der Waals surface area contributed by atoms with Gasteiger partial charge in [-0.3, -0.25) is 0 Å². The Morgan fingerprint density at radius 2 is 2.00 bits per heavy atom. The van der Waals surface area contributed by atoms with Crippen molar-refractivity contribution in [1.29, 1.82) is 0 Å². The summed E-state index contributed by atoms with van der Waals surface area (Å²) in [6.07, 6.45) is 2.86. The number of aromatic amines is 1.